The van der Waals surface area contributed by atoms with Crippen LogP contribution in [0.15, 0.2) is 30.5 Å². The van der Waals surface area contributed by atoms with E-state index in [1.807, 2.05) is 24.3 Å². The van der Waals surface area contributed by atoms with E-state index in [9.17, 15) is 18.0 Å². The van der Waals surface area contributed by atoms with Gasteiger partial charge in [0, 0.05) is 36.6 Å². The number of rotatable bonds is 6. The van der Waals surface area contributed by atoms with Gasteiger partial charge in [-0.25, -0.2) is 9.97 Å². The second-order valence-electron chi connectivity index (χ2n) is 9.79. The SMILES string of the molecule is CC(C)N(CC(F)(F)F)C(=N)OCc1ncc2c(n1)N(c1ccc(N3CCOCC3)cc1)C(=O)C21CC1. The number of carbonyl (C=O) groups is 1. The van der Waals surface area contributed by atoms with Gasteiger partial charge in [0.15, 0.2) is 12.4 Å². The molecule has 12 heteroatoms. The molecule has 3 heterocycles. The zero-order valence-electron chi connectivity index (χ0n) is 20.7. The first-order valence-electron chi connectivity index (χ1n) is 12.3. The molecule has 2 aromatic rings. The normalized spacial score (nSPS) is 18.4. The number of carbonyl (C=O) groups excluding carboxylic acids is 1. The van der Waals surface area contributed by atoms with Crippen LogP contribution in [0, 0.1) is 5.41 Å². The molecule has 9 nitrogen and oxygen atoms in total. The molecule has 2 fully saturated rings. The van der Waals surface area contributed by atoms with E-state index < -0.39 is 30.2 Å². The van der Waals surface area contributed by atoms with Crippen molar-refractivity contribution in [2.75, 3.05) is 42.6 Å². The quantitative estimate of drug-likeness (QED) is 0.460. The Bertz CT molecular complexity index is 1180. The maximum absolute atomic E-state index is 13.5. The Morgan fingerprint density at radius 3 is 2.43 bits per heavy atom. The lowest BCUT2D eigenvalue weighted by Crippen LogP contribution is -2.43. The van der Waals surface area contributed by atoms with Crippen molar-refractivity contribution in [2.24, 2.45) is 0 Å². The van der Waals surface area contributed by atoms with Gasteiger partial charge in [-0.3, -0.25) is 15.1 Å². The monoisotopic (exact) mass is 518 g/mol. The molecule has 1 aliphatic carbocycles. The molecule has 198 valence electrons. The highest BCUT2D eigenvalue weighted by Crippen LogP contribution is 2.58. The molecule has 1 N–H and O–H groups in total. The van der Waals surface area contributed by atoms with E-state index in [0.717, 1.165) is 29.2 Å². The molecule has 1 aromatic heterocycles. The molecular formula is C25H29F3N6O3. The molecule has 1 saturated heterocycles. The number of benzene rings is 1. The second-order valence-corrected chi connectivity index (χ2v) is 9.79. The highest BCUT2D eigenvalue weighted by Gasteiger charge is 2.60. The highest BCUT2D eigenvalue weighted by molar-refractivity contribution is 6.13. The van der Waals surface area contributed by atoms with Crippen LogP contribution in [0.1, 0.15) is 38.1 Å². The number of aromatic nitrogens is 2. The minimum atomic E-state index is -4.47. The first-order valence-corrected chi connectivity index (χ1v) is 12.3. The van der Waals surface area contributed by atoms with E-state index in [-0.39, 0.29) is 18.3 Å². The van der Waals surface area contributed by atoms with Gasteiger partial charge in [0.25, 0.3) is 6.02 Å². The average Bonchev–Trinajstić information content (AvgIpc) is 3.64. The number of anilines is 3. The summed E-state index contributed by atoms with van der Waals surface area (Å²) in [5.74, 6) is 0.579. The number of nitrogens with one attached hydrogen (secondary N) is 1. The summed E-state index contributed by atoms with van der Waals surface area (Å²) in [5.41, 5.74) is 1.85. The highest BCUT2D eigenvalue weighted by atomic mass is 19.4. The molecular weight excluding hydrogens is 489 g/mol. The predicted molar refractivity (Wildman–Crippen MR) is 130 cm³/mol. The van der Waals surface area contributed by atoms with Crippen LogP contribution in [-0.4, -0.2) is 71.9 Å². The van der Waals surface area contributed by atoms with Crippen molar-refractivity contribution in [2.45, 2.75) is 50.9 Å². The zero-order valence-corrected chi connectivity index (χ0v) is 20.7. The fourth-order valence-corrected chi connectivity index (χ4v) is 4.79. The number of amidine groups is 1. The molecule has 1 aromatic carbocycles. The van der Waals surface area contributed by atoms with Gasteiger partial charge in [0.2, 0.25) is 5.91 Å². The molecule has 2 aliphatic heterocycles. The van der Waals surface area contributed by atoms with Gasteiger partial charge in [-0.05, 0) is 51.0 Å². The first-order chi connectivity index (χ1) is 17.6. The lowest BCUT2D eigenvalue weighted by Gasteiger charge is -2.29. The van der Waals surface area contributed by atoms with Crippen LogP contribution in [-0.2, 0) is 26.3 Å². The van der Waals surface area contributed by atoms with E-state index in [2.05, 4.69) is 14.9 Å². The van der Waals surface area contributed by atoms with Gasteiger partial charge in [-0.2, -0.15) is 13.2 Å². The summed E-state index contributed by atoms with van der Waals surface area (Å²) in [6.07, 6.45) is -1.44. The van der Waals surface area contributed by atoms with Crippen LogP contribution in [0.4, 0.5) is 30.4 Å². The molecule has 1 saturated carbocycles. The number of fused-ring (bicyclic) bond motifs is 2. The smallest absolute Gasteiger partial charge is 0.406 e. The van der Waals surface area contributed by atoms with Gasteiger partial charge in [0.1, 0.15) is 12.4 Å². The van der Waals surface area contributed by atoms with Crippen LogP contribution >= 0.6 is 0 Å². The van der Waals surface area contributed by atoms with Crippen LogP contribution < -0.4 is 9.80 Å². The molecule has 1 amide bonds. The fraction of sp³-hybridized carbons (Fsp3) is 0.520. The van der Waals surface area contributed by atoms with Crippen LogP contribution in [0.2, 0.25) is 0 Å². The summed E-state index contributed by atoms with van der Waals surface area (Å²) in [6.45, 7) is 4.47. The maximum Gasteiger partial charge on any atom is 0.406 e. The van der Waals surface area contributed by atoms with E-state index in [1.54, 1.807) is 24.9 Å². The number of nitrogens with zero attached hydrogens (tertiary/aromatic N) is 5. The molecule has 3 aliphatic rings. The molecule has 0 unspecified atom stereocenters. The van der Waals surface area contributed by atoms with E-state index in [1.165, 1.54) is 0 Å². The van der Waals surface area contributed by atoms with Crippen molar-refractivity contribution in [1.82, 2.24) is 14.9 Å². The van der Waals surface area contributed by atoms with E-state index >= 15 is 0 Å². The van der Waals surface area contributed by atoms with Crippen LogP contribution in [0.25, 0.3) is 0 Å². The summed E-state index contributed by atoms with van der Waals surface area (Å²) in [4.78, 5) is 27.0. The molecule has 0 atom stereocenters. The molecule has 37 heavy (non-hydrogen) atoms. The van der Waals surface area contributed by atoms with E-state index in [0.29, 0.717) is 37.6 Å². The van der Waals surface area contributed by atoms with Gasteiger partial charge < -0.3 is 19.3 Å². The molecule has 5 rings (SSSR count). The third-order valence-corrected chi connectivity index (χ3v) is 6.96. The van der Waals surface area contributed by atoms with Gasteiger partial charge in [-0.15, -0.1) is 0 Å². The Labute approximate surface area is 212 Å². The standard InChI is InChI=1S/C25H29F3N6O3/c1-16(2)33(15-25(26,27)28)23(29)37-14-20-30-13-19-21(31-20)34(22(35)24(19)7-8-24)18-5-3-17(4-6-18)32-9-11-36-12-10-32/h3-6,13,16,29H,7-12,14-15H2,1-2H3. The Hall–Kier alpha value is -3.41. The minimum Gasteiger partial charge on any atom is -0.457 e. The fourth-order valence-electron chi connectivity index (χ4n) is 4.79. The predicted octanol–water partition coefficient (Wildman–Crippen LogP) is 3.75. The van der Waals surface area contributed by atoms with Crippen molar-refractivity contribution in [3.05, 3.63) is 41.9 Å². The lowest BCUT2D eigenvalue weighted by atomic mass is 10.0. The Morgan fingerprint density at radius 1 is 1.19 bits per heavy atom. The maximum atomic E-state index is 13.5. The second kappa shape index (κ2) is 9.47. The summed E-state index contributed by atoms with van der Waals surface area (Å²) >= 11 is 0. The number of hydrogen-bond acceptors (Lipinski definition) is 7. The number of morpholine rings is 1. The summed E-state index contributed by atoms with van der Waals surface area (Å²) in [7, 11) is 0. The molecule has 0 radical (unpaired) electrons. The molecule has 1 spiro atoms. The van der Waals surface area contributed by atoms with Gasteiger partial charge >= 0.3 is 6.18 Å². The minimum absolute atomic E-state index is 0.0575. The Morgan fingerprint density at radius 2 is 1.84 bits per heavy atom. The summed E-state index contributed by atoms with van der Waals surface area (Å²) in [6, 6.07) is 6.53. The van der Waals surface area contributed by atoms with Crippen LogP contribution in [0.5, 0.6) is 0 Å². The van der Waals surface area contributed by atoms with E-state index in [4.69, 9.17) is 14.9 Å². The molecule has 0 bridgehead atoms. The van der Waals surface area contributed by atoms with Crippen molar-refractivity contribution < 1.29 is 27.4 Å². The number of hydrogen-bond donors (Lipinski definition) is 1. The Balaban J connectivity index is 1.35. The lowest BCUT2D eigenvalue weighted by molar-refractivity contribution is -0.142. The Kier molecular flexibility index (Phi) is 6.47. The summed E-state index contributed by atoms with van der Waals surface area (Å²) < 4.78 is 49.5. The average molecular weight is 519 g/mol. The number of ether oxygens (including phenoxy) is 2. The third-order valence-electron chi connectivity index (χ3n) is 6.96. The van der Waals surface area contributed by atoms with Crippen molar-refractivity contribution in [1.29, 1.82) is 5.41 Å². The van der Waals surface area contributed by atoms with Gasteiger partial charge in [0.05, 0.1) is 24.3 Å². The number of amides is 1. The largest absolute Gasteiger partial charge is 0.457 e. The first kappa shape index (κ1) is 25.2. The van der Waals surface area contributed by atoms with Gasteiger partial charge in [-0.1, -0.05) is 0 Å². The van der Waals surface area contributed by atoms with Crippen LogP contribution in [0.3, 0.4) is 0 Å². The number of alkyl halides is 3. The zero-order chi connectivity index (χ0) is 26.4. The third kappa shape index (κ3) is 4.94. The van der Waals surface area contributed by atoms with Crippen molar-refractivity contribution in [3.8, 4) is 0 Å². The van der Waals surface area contributed by atoms with Crippen molar-refractivity contribution >= 4 is 29.1 Å². The summed E-state index contributed by atoms with van der Waals surface area (Å²) in [5, 5.41) is 8.01. The topological polar surface area (TPSA) is 94.9 Å². The number of halogens is 3. The van der Waals surface area contributed by atoms with Crippen molar-refractivity contribution in [3.63, 3.8) is 0 Å².